The van der Waals surface area contributed by atoms with Crippen LogP contribution in [0.4, 0.5) is 13.2 Å². The Morgan fingerprint density at radius 2 is 1.50 bits per heavy atom. The molecule has 0 saturated heterocycles. The van der Waals surface area contributed by atoms with Gasteiger partial charge in [-0.25, -0.2) is 4.79 Å². The van der Waals surface area contributed by atoms with Crippen LogP contribution < -0.4 is 5.63 Å². The van der Waals surface area contributed by atoms with Crippen LogP contribution in [0.15, 0.2) is 69.9 Å². The smallest absolute Gasteiger partial charge is 0.417 e. The molecule has 0 radical (unpaired) electrons. The molecule has 0 aliphatic heterocycles. The van der Waals surface area contributed by atoms with Crippen LogP contribution in [0.2, 0.25) is 5.02 Å². The molecule has 0 spiro atoms. The summed E-state index contributed by atoms with van der Waals surface area (Å²) in [4.78, 5) is 12.2. The van der Waals surface area contributed by atoms with Gasteiger partial charge >= 0.3 is 11.8 Å². The highest BCUT2D eigenvalue weighted by Crippen LogP contribution is 2.43. The number of halogens is 4. The normalized spacial score (nSPS) is 12.0. The van der Waals surface area contributed by atoms with Gasteiger partial charge in [0.1, 0.15) is 5.58 Å². The monoisotopic (exact) mass is 374 g/mol. The van der Waals surface area contributed by atoms with Crippen LogP contribution in [0, 0.1) is 0 Å². The number of hydrogen-bond donors (Lipinski definition) is 0. The summed E-state index contributed by atoms with van der Waals surface area (Å²) in [7, 11) is 0. The summed E-state index contributed by atoms with van der Waals surface area (Å²) in [5, 5.41) is 1.30. The maximum absolute atomic E-state index is 13.5. The van der Waals surface area contributed by atoms with Crippen molar-refractivity contribution in [1.82, 2.24) is 0 Å². The van der Waals surface area contributed by atoms with Gasteiger partial charge in [0.15, 0.2) is 0 Å². The van der Waals surface area contributed by atoms with E-state index in [9.17, 15) is 18.0 Å². The van der Waals surface area contributed by atoms with Crippen LogP contribution in [0.5, 0.6) is 0 Å². The number of rotatable bonds is 1. The quantitative estimate of drug-likeness (QED) is 0.290. The van der Waals surface area contributed by atoms with Gasteiger partial charge in [-0.3, -0.25) is 0 Å². The Balaban J connectivity index is 2.24. The fourth-order valence-corrected chi connectivity index (χ4v) is 3.42. The Labute approximate surface area is 150 Å². The molecule has 0 fully saturated rings. The lowest BCUT2D eigenvalue weighted by atomic mass is 9.93. The Bertz CT molecular complexity index is 1210. The van der Waals surface area contributed by atoms with Crippen molar-refractivity contribution < 1.29 is 17.6 Å². The SMILES string of the molecule is O=c1oc2ccc(Cl)c(-c3ccccc3C(F)(F)F)c2c2ccccc12. The van der Waals surface area contributed by atoms with Gasteiger partial charge in [0.05, 0.1) is 10.9 Å². The topological polar surface area (TPSA) is 30.2 Å². The number of alkyl halides is 3. The van der Waals surface area contributed by atoms with E-state index in [1.807, 2.05) is 0 Å². The molecule has 3 aromatic carbocycles. The zero-order valence-corrected chi connectivity index (χ0v) is 13.9. The minimum atomic E-state index is -4.55. The van der Waals surface area contributed by atoms with Crippen LogP contribution in [-0.4, -0.2) is 0 Å². The molecule has 0 unspecified atom stereocenters. The average molecular weight is 375 g/mol. The van der Waals surface area contributed by atoms with Crippen LogP contribution >= 0.6 is 11.6 Å². The third-order valence-electron chi connectivity index (χ3n) is 4.24. The molecular formula is C20H10ClF3O2. The highest BCUT2D eigenvalue weighted by Gasteiger charge is 2.34. The third-order valence-corrected chi connectivity index (χ3v) is 4.55. The predicted octanol–water partition coefficient (Wildman–Crippen LogP) is 6.29. The maximum Gasteiger partial charge on any atom is 0.417 e. The Hall–Kier alpha value is -2.79. The van der Waals surface area contributed by atoms with Crippen molar-refractivity contribution in [2.24, 2.45) is 0 Å². The van der Waals surface area contributed by atoms with E-state index in [0.717, 1.165) is 6.07 Å². The summed E-state index contributed by atoms with van der Waals surface area (Å²) >= 11 is 6.31. The first-order valence-electron chi connectivity index (χ1n) is 7.68. The summed E-state index contributed by atoms with van der Waals surface area (Å²) in [6.45, 7) is 0. The molecule has 4 aromatic rings. The van der Waals surface area contributed by atoms with E-state index in [1.54, 1.807) is 24.3 Å². The molecular weight excluding hydrogens is 365 g/mol. The number of benzene rings is 3. The third kappa shape index (κ3) is 2.56. The van der Waals surface area contributed by atoms with Gasteiger partial charge < -0.3 is 4.42 Å². The van der Waals surface area contributed by atoms with Gasteiger partial charge in [-0.05, 0) is 29.8 Å². The van der Waals surface area contributed by atoms with Crippen LogP contribution in [-0.2, 0) is 6.18 Å². The number of fused-ring (bicyclic) bond motifs is 3. The largest absolute Gasteiger partial charge is 0.422 e. The number of hydrogen-bond acceptors (Lipinski definition) is 2. The second kappa shape index (κ2) is 5.88. The summed E-state index contributed by atoms with van der Waals surface area (Å²) in [6, 6.07) is 14.8. The molecule has 1 aromatic heterocycles. The Kier molecular flexibility index (Phi) is 3.77. The summed E-state index contributed by atoms with van der Waals surface area (Å²) in [5.74, 6) is 0. The van der Waals surface area contributed by atoms with Gasteiger partial charge in [-0.15, -0.1) is 0 Å². The molecule has 4 rings (SSSR count). The molecule has 0 N–H and O–H groups in total. The van der Waals surface area contributed by atoms with Crippen LogP contribution in [0.3, 0.4) is 0 Å². The first-order chi connectivity index (χ1) is 12.4. The summed E-state index contributed by atoms with van der Waals surface area (Å²) < 4.78 is 45.9. The van der Waals surface area contributed by atoms with Gasteiger partial charge in [-0.1, -0.05) is 48.0 Å². The molecule has 0 aliphatic carbocycles. The van der Waals surface area contributed by atoms with Crippen molar-refractivity contribution >= 4 is 33.3 Å². The van der Waals surface area contributed by atoms with E-state index in [1.165, 1.54) is 30.3 Å². The van der Waals surface area contributed by atoms with E-state index in [4.69, 9.17) is 16.0 Å². The lowest BCUT2D eigenvalue weighted by Gasteiger charge is -2.16. The highest BCUT2D eigenvalue weighted by molar-refractivity contribution is 6.36. The lowest BCUT2D eigenvalue weighted by molar-refractivity contribution is -0.137. The van der Waals surface area contributed by atoms with Crippen molar-refractivity contribution in [3.8, 4) is 11.1 Å². The standard InChI is InChI=1S/C20H10ClF3O2/c21-15-9-10-16-18(11-5-1-2-6-12(11)19(25)26-16)17(15)13-7-3-4-8-14(13)20(22,23)24/h1-10H. The fourth-order valence-electron chi connectivity index (χ4n) is 3.16. The van der Waals surface area contributed by atoms with Gasteiger partial charge in [-0.2, -0.15) is 13.2 Å². The maximum atomic E-state index is 13.5. The van der Waals surface area contributed by atoms with Gasteiger partial charge in [0.25, 0.3) is 0 Å². The van der Waals surface area contributed by atoms with E-state index in [2.05, 4.69) is 0 Å². The second-order valence-electron chi connectivity index (χ2n) is 5.77. The average Bonchev–Trinajstić information content (AvgIpc) is 2.62. The fraction of sp³-hybridized carbons (Fsp3) is 0.0500. The van der Waals surface area contributed by atoms with Crippen LogP contribution in [0.25, 0.3) is 32.9 Å². The van der Waals surface area contributed by atoms with E-state index >= 15 is 0 Å². The molecule has 0 amide bonds. The highest BCUT2D eigenvalue weighted by atomic mass is 35.5. The molecule has 0 atom stereocenters. The Morgan fingerprint density at radius 3 is 2.23 bits per heavy atom. The van der Waals surface area contributed by atoms with Crippen molar-refractivity contribution in [1.29, 1.82) is 0 Å². The molecule has 1 heterocycles. The first kappa shape index (κ1) is 16.7. The molecule has 0 saturated carbocycles. The van der Waals surface area contributed by atoms with E-state index in [0.29, 0.717) is 10.8 Å². The predicted molar refractivity (Wildman–Crippen MR) is 95.4 cm³/mol. The van der Waals surface area contributed by atoms with Crippen molar-refractivity contribution in [2.45, 2.75) is 6.18 Å². The zero-order valence-electron chi connectivity index (χ0n) is 13.1. The molecule has 130 valence electrons. The molecule has 0 bridgehead atoms. The zero-order chi connectivity index (χ0) is 18.5. The van der Waals surface area contributed by atoms with E-state index < -0.39 is 17.4 Å². The first-order valence-corrected chi connectivity index (χ1v) is 8.06. The van der Waals surface area contributed by atoms with Crippen molar-refractivity contribution in [2.75, 3.05) is 0 Å². The molecule has 0 aliphatic rings. The van der Waals surface area contributed by atoms with E-state index in [-0.39, 0.29) is 27.1 Å². The lowest BCUT2D eigenvalue weighted by Crippen LogP contribution is -2.07. The molecule has 6 heteroatoms. The Morgan fingerprint density at radius 1 is 0.846 bits per heavy atom. The van der Waals surface area contributed by atoms with Gasteiger partial charge in [0, 0.05) is 21.4 Å². The summed E-state index contributed by atoms with van der Waals surface area (Å²) in [6.07, 6.45) is -4.55. The minimum absolute atomic E-state index is 0.0606. The molecule has 26 heavy (non-hydrogen) atoms. The second-order valence-corrected chi connectivity index (χ2v) is 6.18. The van der Waals surface area contributed by atoms with Gasteiger partial charge in [0.2, 0.25) is 0 Å². The van der Waals surface area contributed by atoms with Crippen molar-refractivity contribution in [3.63, 3.8) is 0 Å². The van der Waals surface area contributed by atoms with Crippen LogP contribution in [0.1, 0.15) is 5.56 Å². The molecule has 2 nitrogen and oxygen atoms in total. The van der Waals surface area contributed by atoms with Crippen molar-refractivity contribution in [3.05, 3.63) is 81.7 Å². The minimum Gasteiger partial charge on any atom is -0.422 e. The summed E-state index contributed by atoms with van der Waals surface area (Å²) in [5.41, 5.74) is -1.04.